The number of carbonyl (C=O) groups excluding carboxylic acids is 2. The van der Waals surface area contributed by atoms with Crippen molar-refractivity contribution in [3.63, 3.8) is 0 Å². The summed E-state index contributed by atoms with van der Waals surface area (Å²) in [6, 6.07) is 8.49. The van der Waals surface area contributed by atoms with Gasteiger partial charge in [-0.05, 0) is 66.7 Å². The highest BCUT2D eigenvalue weighted by molar-refractivity contribution is 9.10. The summed E-state index contributed by atoms with van der Waals surface area (Å²) in [6.07, 6.45) is 2.06. The summed E-state index contributed by atoms with van der Waals surface area (Å²) in [6.45, 7) is 9.41. The van der Waals surface area contributed by atoms with Gasteiger partial charge in [-0.2, -0.15) is 0 Å². The first kappa shape index (κ1) is 37.9. The Morgan fingerprint density at radius 3 is 2.20 bits per heavy atom. The molecule has 1 fully saturated rings. The monoisotopic (exact) mass is 666 g/mol. The number of likely N-dealkylation sites (N-methyl/N-ethyl adjacent to an activating group) is 1. The molecule has 9 nitrogen and oxygen atoms in total. The minimum Gasteiger partial charge on any atom is -0.507 e. The molecule has 0 atom stereocenters. The normalized spacial score (nSPS) is 13.3. The molecule has 0 radical (unpaired) electrons. The number of aromatic hydroxyl groups is 1. The van der Waals surface area contributed by atoms with Crippen LogP contribution in [0.4, 0.5) is 0 Å². The first-order chi connectivity index (χ1) is 17.8. The molecule has 0 saturated carbocycles. The summed E-state index contributed by atoms with van der Waals surface area (Å²) in [5, 5.41) is 10.5. The number of ether oxygens (including phenoxy) is 3. The average Bonchev–Trinajstić information content (AvgIpc) is 2.87. The Labute approximate surface area is 257 Å². The largest absolute Gasteiger partial charge is 0.507 e. The highest BCUT2D eigenvalue weighted by atomic mass is 79.9. The molecule has 0 spiro atoms. The van der Waals surface area contributed by atoms with Crippen LogP contribution in [0.5, 0.6) is 17.2 Å². The van der Waals surface area contributed by atoms with E-state index >= 15 is 0 Å². The molecule has 2 aromatic carbocycles. The third-order valence-corrected chi connectivity index (χ3v) is 6.95. The molecule has 226 valence electrons. The summed E-state index contributed by atoms with van der Waals surface area (Å²) in [7, 11) is 2.11. The van der Waals surface area contributed by atoms with Gasteiger partial charge in [-0.15, -0.1) is 24.8 Å². The Morgan fingerprint density at radius 2 is 1.60 bits per heavy atom. The Bertz CT molecular complexity index is 1080. The Morgan fingerprint density at radius 1 is 0.975 bits per heavy atom. The third-order valence-electron chi connectivity index (χ3n) is 6.33. The van der Waals surface area contributed by atoms with Gasteiger partial charge in [0, 0.05) is 44.7 Å². The molecular weight excluding hydrogens is 627 g/mol. The maximum absolute atomic E-state index is 12.4. The van der Waals surface area contributed by atoms with Crippen molar-refractivity contribution in [3.8, 4) is 17.2 Å². The van der Waals surface area contributed by atoms with E-state index in [1.54, 1.807) is 30.3 Å². The number of Topliss-reactive ketones (excluding diaryl/α,β-unsaturated/α-hetero) is 1. The fourth-order valence-corrected chi connectivity index (χ4v) is 4.61. The lowest BCUT2D eigenvalue weighted by atomic mass is 10.0. The van der Waals surface area contributed by atoms with E-state index in [0.717, 1.165) is 39.1 Å². The van der Waals surface area contributed by atoms with E-state index in [1.165, 1.54) is 6.92 Å². The first-order valence-corrected chi connectivity index (χ1v) is 13.6. The van der Waals surface area contributed by atoms with Gasteiger partial charge in [0.25, 0.3) is 0 Å². The number of benzene rings is 2. The van der Waals surface area contributed by atoms with E-state index in [2.05, 4.69) is 32.8 Å². The second kappa shape index (κ2) is 19.1. The van der Waals surface area contributed by atoms with Gasteiger partial charge in [0.15, 0.2) is 5.78 Å². The number of ketones is 1. The molecule has 3 N–H and O–H groups in total. The van der Waals surface area contributed by atoms with Crippen LogP contribution in [0.3, 0.4) is 0 Å². The van der Waals surface area contributed by atoms with Crippen molar-refractivity contribution in [1.29, 1.82) is 0 Å². The number of esters is 1. The van der Waals surface area contributed by atoms with Crippen LogP contribution in [0.25, 0.3) is 0 Å². The second-order valence-corrected chi connectivity index (χ2v) is 10.1. The number of halogens is 3. The van der Waals surface area contributed by atoms with Gasteiger partial charge in [-0.3, -0.25) is 9.69 Å². The lowest BCUT2D eigenvalue weighted by Gasteiger charge is -2.32. The molecule has 0 aromatic heterocycles. The fourth-order valence-electron chi connectivity index (χ4n) is 4.12. The highest BCUT2D eigenvalue weighted by Crippen LogP contribution is 2.33. The Balaban J connectivity index is 0.00000507. The molecule has 1 heterocycles. The van der Waals surface area contributed by atoms with Crippen molar-refractivity contribution in [2.24, 2.45) is 0 Å². The second-order valence-electron chi connectivity index (χ2n) is 9.22. The molecule has 0 aliphatic carbocycles. The van der Waals surface area contributed by atoms with E-state index < -0.39 is 0 Å². The maximum Gasteiger partial charge on any atom is 0.338 e. The summed E-state index contributed by atoms with van der Waals surface area (Å²) < 4.78 is 17.9. The quantitative estimate of drug-likeness (QED) is 0.187. The van der Waals surface area contributed by atoms with Crippen molar-refractivity contribution >= 4 is 52.5 Å². The minimum atomic E-state index is -0.350. The van der Waals surface area contributed by atoms with Gasteiger partial charge < -0.3 is 29.7 Å². The van der Waals surface area contributed by atoms with E-state index in [9.17, 15) is 14.7 Å². The predicted molar refractivity (Wildman–Crippen MR) is 164 cm³/mol. The number of hydrogen-bond donors (Lipinski definition) is 1. The van der Waals surface area contributed by atoms with Crippen molar-refractivity contribution in [2.75, 3.05) is 59.6 Å². The summed E-state index contributed by atoms with van der Waals surface area (Å²) in [5.41, 5.74) is 1.44. The lowest BCUT2D eigenvalue weighted by molar-refractivity contribution is 0.0432. The highest BCUT2D eigenvalue weighted by Gasteiger charge is 2.17. The number of rotatable bonds is 13. The zero-order chi connectivity index (χ0) is 26.8. The number of carbonyl (C=O) groups is 2. The van der Waals surface area contributed by atoms with E-state index in [-0.39, 0.29) is 47.8 Å². The number of phenolic OH excluding ortho intramolecular Hbond substituents is 1. The molecule has 1 saturated heterocycles. The van der Waals surface area contributed by atoms with E-state index in [4.69, 9.17) is 14.2 Å². The van der Waals surface area contributed by atoms with Crippen LogP contribution in [0.15, 0.2) is 34.8 Å². The van der Waals surface area contributed by atoms with Crippen molar-refractivity contribution in [1.82, 2.24) is 9.80 Å². The predicted octanol–water partition coefficient (Wildman–Crippen LogP) is 4.58. The van der Waals surface area contributed by atoms with Crippen molar-refractivity contribution < 1.29 is 34.4 Å². The van der Waals surface area contributed by atoms with Crippen LogP contribution in [0.1, 0.15) is 53.0 Å². The number of piperazine rings is 1. The van der Waals surface area contributed by atoms with Gasteiger partial charge >= 0.3 is 5.97 Å². The SMILES string of the molecule is CCCc1c(OCCCOc2ccc(C(=O)OCCN3CCN(C)CC3)cc2Br)ccc(C(C)=O)c1O.Cl.Cl.O. The summed E-state index contributed by atoms with van der Waals surface area (Å²) in [5.74, 6) is 0.692. The van der Waals surface area contributed by atoms with Crippen LogP contribution in [0, 0.1) is 0 Å². The lowest BCUT2D eigenvalue weighted by Crippen LogP contribution is -2.45. The van der Waals surface area contributed by atoms with Crippen LogP contribution >= 0.6 is 40.7 Å². The van der Waals surface area contributed by atoms with Crippen molar-refractivity contribution in [2.45, 2.75) is 33.1 Å². The molecule has 0 amide bonds. The topological polar surface area (TPSA) is 120 Å². The molecule has 1 aliphatic rings. The fraction of sp³-hybridized carbons (Fsp3) is 0.500. The molecule has 1 aliphatic heterocycles. The van der Waals surface area contributed by atoms with Crippen molar-refractivity contribution in [3.05, 3.63) is 51.5 Å². The van der Waals surface area contributed by atoms with E-state index in [1.807, 2.05) is 6.92 Å². The molecule has 3 rings (SSSR count). The van der Waals surface area contributed by atoms with Crippen LogP contribution < -0.4 is 9.47 Å². The van der Waals surface area contributed by atoms with E-state index in [0.29, 0.717) is 65.3 Å². The maximum atomic E-state index is 12.4. The minimum absolute atomic E-state index is 0. The molecule has 12 heteroatoms. The zero-order valence-corrected chi connectivity index (χ0v) is 26.5. The molecule has 2 aromatic rings. The molecule has 0 unspecified atom stereocenters. The smallest absolute Gasteiger partial charge is 0.338 e. The standard InChI is InChI=1S/C28H37BrN2O6.2ClH.H2O/c1-4-6-23-25(10-8-22(20(2)32)27(23)33)35-16-5-17-36-26-9-7-21(19-24(26)29)28(34)37-18-15-31-13-11-30(3)12-14-31;;;/h7-10,19,33H,4-6,11-18H2,1-3H3;2*1H;1H2. The van der Waals surface area contributed by atoms with Crippen LogP contribution in [-0.2, 0) is 11.2 Å². The summed E-state index contributed by atoms with van der Waals surface area (Å²) in [4.78, 5) is 28.7. The molecule has 0 bridgehead atoms. The molecule has 40 heavy (non-hydrogen) atoms. The van der Waals surface area contributed by atoms with Gasteiger partial charge in [-0.1, -0.05) is 13.3 Å². The molecular formula is C28H41BrCl2N2O7. The number of phenols is 1. The Kier molecular flexibility index (Phi) is 18.1. The number of nitrogens with zero attached hydrogens (tertiary/aromatic N) is 2. The zero-order valence-electron chi connectivity index (χ0n) is 23.2. The van der Waals surface area contributed by atoms with Gasteiger partial charge in [0.1, 0.15) is 23.9 Å². The summed E-state index contributed by atoms with van der Waals surface area (Å²) >= 11 is 3.48. The third kappa shape index (κ3) is 11.1. The Hall–Kier alpha value is -2.08. The van der Waals surface area contributed by atoms with Gasteiger partial charge in [-0.25, -0.2) is 4.79 Å². The van der Waals surface area contributed by atoms with Gasteiger partial charge in [0.05, 0.1) is 28.8 Å². The van der Waals surface area contributed by atoms with Crippen LogP contribution in [0.2, 0.25) is 0 Å². The average molecular weight is 668 g/mol. The first-order valence-electron chi connectivity index (χ1n) is 12.8. The van der Waals surface area contributed by atoms with Crippen LogP contribution in [-0.4, -0.2) is 91.7 Å². The van der Waals surface area contributed by atoms with Gasteiger partial charge in [0.2, 0.25) is 0 Å². The number of hydrogen-bond acceptors (Lipinski definition) is 8.